The first kappa shape index (κ1) is 12.4. The van der Waals surface area contributed by atoms with E-state index in [0.29, 0.717) is 5.92 Å². The summed E-state index contributed by atoms with van der Waals surface area (Å²) in [5.41, 5.74) is 4.21. The zero-order chi connectivity index (χ0) is 13.1. The average Bonchev–Trinajstić information content (AvgIpc) is 3.08. The molecular weight excluding hydrogens is 234 g/mol. The van der Waals surface area contributed by atoms with Crippen molar-refractivity contribution in [1.82, 2.24) is 14.9 Å². The lowest BCUT2D eigenvalue weighted by Crippen LogP contribution is -2.12. The number of benzene rings is 1. The summed E-state index contributed by atoms with van der Waals surface area (Å²) in [5, 5.41) is 3.43. The molecule has 1 aliphatic rings. The second kappa shape index (κ2) is 5.57. The fraction of sp³-hybridized carbons (Fsp3) is 0.438. The second-order valence-electron chi connectivity index (χ2n) is 5.38. The van der Waals surface area contributed by atoms with Crippen LogP contribution in [0.15, 0.2) is 36.8 Å². The van der Waals surface area contributed by atoms with Crippen molar-refractivity contribution in [2.75, 3.05) is 13.1 Å². The third-order valence-corrected chi connectivity index (χ3v) is 4.11. The maximum absolute atomic E-state index is 4.34. The Kier molecular flexibility index (Phi) is 3.65. The van der Waals surface area contributed by atoms with Crippen molar-refractivity contribution in [3.63, 3.8) is 0 Å². The van der Waals surface area contributed by atoms with Gasteiger partial charge < -0.3 is 9.88 Å². The number of imidazole rings is 1. The van der Waals surface area contributed by atoms with Crippen LogP contribution in [0.1, 0.15) is 29.2 Å². The molecule has 0 amide bonds. The van der Waals surface area contributed by atoms with Crippen LogP contribution in [0.5, 0.6) is 0 Å². The van der Waals surface area contributed by atoms with Crippen molar-refractivity contribution in [2.24, 2.45) is 0 Å². The molecule has 3 rings (SSSR count). The van der Waals surface area contributed by atoms with Gasteiger partial charge in [0.1, 0.15) is 0 Å². The molecule has 2 heterocycles. The molecule has 1 aliphatic heterocycles. The highest BCUT2D eigenvalue weighted by Crippen LogP contribution is 2.22. The topological polar surface area (TPSA) is 29.9 Å². The third-order valence-electron chi connectivity index (χ3n) is 4.11. The van der Waals surface area contributed by atoms with Gasteiger partial charge in [0.15, 0.2) is 0 Å². The molecule has 0 aliphatic carbocycles. The molecule has 2 aromatic rings. The summed E-state index contributed by atoms with van der Waals surface area (Å²) in [5.74, 6) is 0.638. The number of aryl methyl sites for hydroxylation is 3. The van der Waals surface area contributed by atoms with Crippen LogP contribution in [0.25, 0.3) is 0 Å². The quantitative estimate of drug-likeness (QED) is 0.909. The van der Waals surface area contributed by atoms with Crippen molar-refractivity contribution in [2.45, 2.75) is 32.2 Å². The Morgan fingerprint density at radius 1 is 1.37 bits per heavy atom. The van der Waals surface area contributed by atoms with Crippen LogP contribution < -0.4 is 5.32 Å². The number of nitrogens with zero attached hydrogens (tertiary/aromatic N) is 2. The van der Waals surface area contributed by atoms with Crippen LogP contribution in [0.2, 0.25) is 0 Å². The van der Waals surface area contributed by atoms with Crippen molar-refractivity contribution < 1.29 is 0 Å². The molecule has 0 radical (unpaired) electrons. The van der Waals surface area contributed by atoms with E-state index in [-0.39, 0.29) is 0 Å². The molecule has 1 aromatic heterocycles. The first-order valence-corrected chi connectivity index (χ1v) is 7.10. The first-order chi connectivity index (χ1) is 9.34. The lowest BCUT2D eigenvalue weighted by atomic mass is 10.0. The van der Waals surface area contributed by atoms with Gasteiger partial charge >= 0.3 is 0 Å². The Hall–Kier alpha value is -1.61. The molecule has 0 spiro atoms. The van der Waals surface area contributed by atoms with Gasteiger partial charge in [0.05, 0.1) is 6.33 Å². The van der Waals surface area contributed by atoms with Gasteiger partial charge in [-0.15, -0.1) is 0 Å². The van der Waals surface area contributed by atoms with Crippen molar-refractivity contribution in [3.05, 3.63) is 53.6 Å². The van der Waals surface area contributed by atoms with Crippen LogP contribution in [-0.2, 0) is 13.0 Å². The fourth-order valence-electron chi connectivity index (χ4n) is 2.90. The fourth-order valence-corrected chi connectivity index (χ4v) is 2.90. The highest BCUT2D eigenvalue weighted by Gasteiger charge is 2.19. The van der Waals surface area contributed by atoms with Crippen LogP contribution in [0.4, 0.5) is 0 Å². The van der Waals surface area contributed by atoms with E-state index < -0.39 is 0 Å². The Labute approximate surface area is 114 Å². The third kappa shape index (κ3) is 2.71. The summed E-state index contributed by atoms with van der Waals surface area (Å²) in [6.45, 7) is 5.44. The SMILES string of the molecule is Cc1ccccc1CCn1cncc1C1CCNC1. The van der Waals surface area contributed by atoms with Crippen molar-refractivity contribution >= 4 is 0 Å². The minimum Gasteiger partial charge on any atom is -0.334 e. The minimum atomic E-state index is 0.638. The smallest absolute Gasteiger partial charge is 0.0948 e. The summed E-state index contributed by atoms with van der Waals surface area (Å²) in [6.07, 6.45) is 6.33. The Morgan fingerprint density at radius 2 is 2.26 bits per heavy atom. The number of rotatable bonds is 4. The predicted molar refractivity (Wildman–Crippen MR) is 77.3 cm³/mol. The van der Waals surface area contributed by atoms with E-state index in [0.717, 1.165) is 26.1 Å². The van der Waals surface area contributed by atoms with E-state index in [2.05, 4.69) is 46.1 Å². The molecule has 1 saturated heterocycles. The highest BCUT2D eigenvalue weighted by molar-refractivity contribution is 5.25. The zero-order valence-corrected chi connectivity index (χ0v) is 11.5. The van der Waals surface area contributed by atoms with E-state index in [1.807, 2.05) is 12.5 Å². The molecule has 3 nitrogen and oxygen atoms in total. The monoisotopic (exact) mass is 255 g/mol. The second-order valence-corrected chi connectivity index (χ2v) is 5.38. The Morgan fingerprint density at radius 3 is 3.05 bits per heavy atom. The molecule has 19 heavy (non-hydrogen) atoms. The molecule has 1 fully saturated rings. The van der Waals surface area contributed by atoms with Crippen LogP contribution >= 0.6 is 0 Å². The van der Waals surface area contributed by atoms with Gasteiger partial charge in [0.2, 0.25) is 0 Å². The summed E-state index contributed by atoms with van der Waals surface area (Å²) < 4.78 is 2.32. The molecule has 3 heteroatoms. The molecule has 100 valence electrons. The molecule has 1 N–H and O–H groups in total. The van der Waals surface area contributed by atoms with Crippen LogP contribution in [-0.4, -0.2) is 22.6 Å². The number of aromatic nitrogens is 2. The number of nitrogens with one attached hydrogen (secondary N) is 1. The lowest BCUT2D eigenvalue weighted by molar-refractivity contribution is 0.611. The lowest BCUT2D eigenvalue weighted by Gasteiger charge is -2.13. The average molecular weight is 255 g/mol. The standard InChI is InChI=1S/C16H21N3/c1-13-4-2-3-5-14(13)7-9-19-12-18-11-16(19)15-6-8-17-10-15/h2-5,11-12,15,17H,6-10H2,1H3. The van der Waals surface area contributed by atoms with Gasteiger partial charge in [-0.25, -0.2) is 4.98 Å². The van der Waals surface area contributed by atoms with Crippen molar-refractivity contribution in [3.8, 4) is 0 Å². The number of hydrogen-bond donors (Lipinski definition) is 1. The van der Waals surface area contributed by atoms with Gasteiger partial charge in [-0.2, -0.15) is 0 Å². The summed E-state index contributed by atoms with van der Waals surface area (Å²) in [4.78, 5) is 4.34. The van der Waals surface area contributed by atoms with Crippen LogP contribution in [0, 0.1) is 6.92 Å². The van der Waals surface area contributed by atoms with E-state index in [9.17, 15) is 0 Å². The zero-order valence-electron chi connectivity index (χ0n) is 11.5. The molecule has 1 unspecified atom stereocenters. The molecule has 0 bridgehead atoms. The van der Waals surface area contributed by atoms with Gasteiger partial charge in [-0.1, -0.05) is 24.3 Å². The van der Waals surface area contributed by atoms with Gasteiger partial charge in [0.25, 0.3) is 0 Å². The molecule has 1 atom stereocenters. The van der Waals surface area contributed by atoms with Crippen molar-refractivity contribution in [1.29, 1.82) is 0 Å². The maximum atomic E-state index is 4.34. The van der Waals surface area contributed by atoms with Crippen LogP contribution in [0.3, 0.4) is 0 Å². The summed E-state index contributed by atoms with van der Waals surface area (Å²) >= 11 is 0. The highest BCUT2D eigenvalue weighted by atomic mass is 15.1. The van der Waals surface area contributed by atoms with Gasteiger partial charge in [-0.05, 0) is 37.4 Å². The Balaban J connectivity index is 1.70. The minimum absolute atomic E-state index is 0.638. The van der Waals surface area contributed by atoms with Gasteiger partial charge in [0, 0.05) is 30.9 Å². The first-order valence-electron chi connectivity index (χ1n) is 7.10. The van der Waals surface area contributed by atoms with E-state index >= 15 is 0 Å². The predicted octanol–water partition coefficient (Wildman–Crippen LogP) is 2.51. The maximum Gasteiger partial charge on any atom is 0.0948 e. The van der Waals surface area contributed by atoms with E-state index in [1.165, 1.54) is 23.2 Å². The summed E-state index contributed by atoms with van der Waals surface area (Å²) in [7, 11) is 0. The van der Waals surface area contributed by atoms with Gasteiger partial charge in [-0.3, -0.25) is 0 Å². The van der Waals surface area contributed by atoms with E-state index in [1.54, 1.807) is 0 Å². The normalized spacial score (nSPS) is 18.9. The Bertz CT molecular complexity index is 538. The largest absolute Gasteiger partial charge is 0.334 e. The molecule has 1 aromatic carbocycles. The molecule has 0 saturated carbocycles. The van der Waals surface area contributed by atoms with E-state index in [4.69, 9.17) is 0 Å². The summed E-state index contributed by atoms with van der Waals surface area (Å²) in [6, 6.07) is 8.64. The number of hydrogen-bond acceptors (Lipinski definition) is 2. The molecular formula is C16H21N3.